The second-order valence-corrected chi connectivity index (χ2v) is 4.75. The molecule has 2 aromatic rings. The summed E-state index contributed by atoms with van der Waals surface area (Å²) in [7, 11) is 0. The Bertz CT molecular complexity index is 653. The van der Waals surface area contributed by atoms with Crippen LogP contribution in [0.3, 0.4) is 0 Å². The van der Waals surface area contributed by atoms with E-state index < -0.39 is 0 Å². The van der Waals surface area contributed by atoms with E-state index in [0.29, 0.717) is 24.3 Å². The van der Waals surface area contributed by atoms with E-state index >= 15 is 0 Å². The molecule has 2 aromatic carbocycles. The number of anilines is 2. The van der Waals surface area contributed by atoms with Crippen molar-refractivity contribution in [1.29, 1.82) is 0 Å². The van der Waals surface area contributed by atoms with Crippen LogP contribution in [-0.2, 0) is 0 Å². The Labute approximate surface area is 122 Å². The van der Waals surface area contributed by atoms with Gasteiger partial charge in [-0.1, -0.05) is 18.2 Å². The van der Waals surface area contributed by atoms with Crippen LogP contribution in [0.15, 0.2) is 54.6 Å². The summed E-state index contributed by atoms with van der Waals surface area (Å²) in [6.07, 6.45) is 0. The Kier molecular flexibility index (Phi) is 3.55. The van der Waals surface area contributed by atoms with Gasteiger partial charge >= 0.3 is 6.03 Å². The van der Waals surface area contributed by atoms with Gasteiger partial charge in [0.15, 0.2) is 0 Å². The highest BCUT2D eigenvalue weighted by atomic mass is 16.2. The molecule has 0 radical (unpaired) electrons. The third-order valence-electron chi connectivity index (χ3n) is 3.33. The highest BCUT2D eigenvalue weighted by Crippen LogP contribution is 2.19. The maximum atomic E-state index is 12.0. The van der Waals surface area contributed by atoms with Gasteiger partial charge in [-0.25, -0.2) is 4.79 Å². The van der Waals surface area contributed by atoms with Crippen LogP contribution >= 0.6 is 0 Å². The number of benzene rings is 2. The van der Waals surface area contributed by atoms with Gasteiger partial charge in [0, 0.05) is 30.0 Å². The lowest BCUT2D eigenvalue weighted by atomic mass is 10.2. The van der Waals surface area contributed by atoms with Gasteiger partial charge in [0.25, 0.3) is 5.91 Å². The van der Waals surface area contributed by atoms with E-state index in [-0.39, 0.29) is 11.9 Å². The van der Waals surface area contributed by atoms with Crippen molar-refractivity contribution in [3.63, 3.8) is 0 Å². The van der Waals surface area contributed by atoms with Crippen molar-refractivity contribution < 1.29 is 9.59 Å². The molecular weight excluding hydrogens is 266 g/mol. The first-order valence-electron chi connectivity index (χ1n) is 6.76. The van der Waals surface area contributed by atoms with Crippen molar-refractivity contribution in [2.24, 2.45) is 0 Å². The first kappa shape index (κ1) is 13.2. The van der Waals surface area contributed by atoms with Gasteiger partial charge in [-0.3, -0.25) is 9.69 Å². The predicted molar refractivity (Wildman–Crippen MR) is 81.6 cm³/mol. The van der Waals surface area contributed by atoms with Gasteiger partial charge in [-0.15, -0.1) is 0 Å². The highest BCUT2D eigenvalue weighted by Gasteiger charge is 2.20. The highest BCUT2D eigenvalue weighted by molar-refractivity contribution is 6.04. The van der Waals surface area contributed by atoms with Crippen LogP contribution in [0.4, 0.5) is 16.2 Å². The summed E-state index contributed by atoms with van der Waals surface area (Å²) in [5.41, 5.74) is 2.13. The number of nitrogens with one attached hydrogen (secondary N) is 2. The number of hydrogen-bond acceptors (Lipinski definition) is 2. The van der Waals surface area contributed by atoms with Crippen LogP contribution in [0.5, 0.6) is 0 Å². The predicted octanol–water partition coefficient (Wildman–Crippen LogP) is 2.47. The fourth-order valence-electron chi connectivity index (χ4n) is 2.24. The van der Waals surface area contributed by atoms with Crippen molar-refractivity contribution in [2.45, 2.75) is 0 Å². The summed E-state index contributed by atoms with van der Waals surface area (Å²) < 4.78 is 0. The average Bonchev–Trinajstić information content (AvgIpc) is 2.95. The number of hydrogen-bond donors (Lipinski definition) is 2. The van der Waals surface area contributed by atoms with Crippen molar-refractivity contribution >= 4 is 23.3 Å². The molecule has 0 aromatic heterocycles. The fraction of sp³-hybridized carbons (Fsp3) is 0.125. The number of nitrogens with zero attached hydrogens (tertiary/aromatic N) is 1. The van der Waals surface area contributed by atoms with Crippen molar-refractivity contribution in [1.82, 2.24) is 5.32 Å². The minimum absolute atomic E-state index is 0.0870. The number of carbonyl (C=O) groups is 2. The molecule has 5 nitrogen and oxygen atoms in total. The van der Waals surface area contributed by atoms with Gasteiger partial charge in [0.2, 0.25) is 0 Å². The third-order valence-corrected chi connectivity index (χ3v) is 3.33. The number of carbonyl (C=O) groups excluding carboxylic acids is 2. The molecule has 1 saturated heterocycles. The molecule has 0 atom stereocenters. The van der Waals surface area contributed by atoms with E-state index in [1.807, 2.05) is 30.3 Å². The quantitative estimate of drug-likeness (QED) is 0.908. The van der Waals surface area contributed by atoms with Gasteiger partial charge in [0.1, 0.15) is 0 Å². The first-order valence-corrected chi connectivity index (χ1v) is 6.76. The maximum absolute atomic E-state index is 12.0. The zero-order valence-corrected chi connectivity index (χ0v) is 11.4. The standard InChI is InChI=1S/C16H15N3O2/c20-15(12-4-2-1-3-5-12)18-13-6-8-14(9-7-13)19-11-10-17-16(19)21/h1-9H,10-11H2,(H,17,21)(H,18,20). The fourth-order valence-corrected chi connectivity index (χ4v) is 2.24. The average molecular weight is 281 g/mol. The van der Waals surface area contributed by atoms with Crippen LogP contribution in [0.2, 0.25) is 0 Å². The summed E-state index contributed by atoms with van der Waals surface area (Å²) in [5, 5.41) is 5.58. The molecule has 1 aliphatic rings. The van der Waals surface area contributed by atoms with Crippen molar-refractivity contribution in [2.75, 3.05) is 23.3 Å². The minimum atomic E-state index is -0.151. The van der Waals surface area contributed by atoms with Gasteiger partial charge in [-0.05, 0) is 36.4 Å². The van der Waals surface area contributed by atoms with Crippen molar-refractivity contribution in [3.05, 3.63) is 60.2 Å². The zero-order valence-electron chi connectivity index (χ0n) is 11.4. The largest absolute Gasteiger partial charge is 0.336 e. The molecule has 2 N–H and O–H groups in total. The summed E-state index contributed by atoms with van der Waals surface area (Å²) >= 11 is 0. The van der Waals surface area contributed by atoms with E-state index in [1.54, 1.807) is 29.2 Å². The number of urea groups is 1. The molecule has 0 spiro atoms. The van der Waals surface area contributed by atoms with E-state index in [1.165, 1.54) is 0 Å². The third kappa shape index (κ3) is 2.86. The van der Waals surface area contributed by atoms with Gasteiger partial charge in [0.05, 0.1) is 0 Å². The second kappa shape index (κ2) is 5.66. The Morgan fingerprint density at radius 3 is 2.38 bits per heavy atom. The van der Waals surface area contributed by atoms with E-state index in [9.17, 15) is 9.59 Å². The Balaban J connectivity index is 1.70. The lowest BCUT2D eigenvalue weighted by Crippen LogP contribution is -2.27. The summed E-state index contributed by atoms with van der Waals surface area (Å²) in [6, 6.07) is 16.2. The molecule has 3 amide bonds. The molecule has 21 heavy (non-hydrogen) atoms. The topological polar surface area (TPSA) is 61.4 Å². The van der Waals surface area contributed by atoms with Crippen molar-refractivity contribution in [3.8, 4) is 0 Å². The van der Waals surface area contributed by atoms with Gasteiger partial charge in [-0.2, -0.15) is 0 Å². The summed E-state index contributed by atoms with van der Waals surface area (Å²) in [5.74, 6) is -0.151. The molecule has 1 aliphatic heterocycles. The number of rotatable bonds is 3. The molecule has 0 bridgehead atoms. The first-order chi connectivity index (χ1) is 10.2. The lowest BCUT2D eigenvalue weighted by Gasteiger charge is -2.14. The Morgan fingerprint density at radius 1 is 1.05 bits per heavy atom. The molecule has 3 rings (SSSR count). The molecule has 0 saturated carbocycles. The summed E-state index contributed by atoms with van der Waals surface area (Å²) in [4.78, 5) is 25.3. The zero-order chi connectivity index (χ0) is 14.7. The Hall–Kier alpha value is -2.82. The SMILES string of the molecule is O=C(Nc1ccc(N2CCNC2=O)cc1)c1ccccc1. The molecule has 0 aliphatic carbocycles. The molecule has 106 valence electrons. The molecule has 0 unspecified atom stereocenters. The second-order valence-electron chi connectivity index (χ2n) is 4.75. The van der Waals surface area contributed by atoms with Gasteiger partial charge < -0.3 is 10.6 Å². The maximum Gasteiger partial charge on any atom is 0.321 e. The van der Waals surface area contributed by atoms with Crippen LogP contribution in [-0.4, -0.2) is 25.0 Å². The smallest absolute Gasteiger partial charge is 0.321 e. The molecule has 5 heteroatoms. The molecule has 1 heterocycles. The van der Waals surface area contributed by atoms with E-state index in [2.05, 4.69) is 10.6 Å². The van der Waals surface area contributed by atoms with Crippen LogP contribution < -0.4 is 15.5 Å². The lowest BCUT2D eigenvalue weighted by molar-refractivity contribution is 0.102. The van der Waals surface area contributed by atoms with Crippen LogP contribution in [0, 0.1) is 0 Å². The monoisotopic (exact) mass is 281 g/mol. The van der Waals surface area contributed by atoms with Crippen LogP contribution in [0.1, 0.15) is 10.4 Å². The normalized spacial score (nSPS) is 13.9. The molecular formula is C16H15N3O2. The Morgan fingerprint density at radius 2 is 1.76 bits per heavy atom. The van der Waals surface area contributed by atoms with E-state index in [0.717, 1.165) is 5.69 Å². The van der Waals surface area contributed by atoms with Crippen LogP contribution in [0.25, 0.3) is 0 Å². The minimum Gasteiger partial charge on any atom is -0.336 e. The number of amides is 3. The van der Waals surface area contributed by atoms with E-state index in [4.69, 9.17) is 0 Å². The molecule has 1 fully saturated rings. The summed E-state index contributed by atoms with van der Waals surface area (Å²) in [6.45, 7) is 1.32.